The van der Waals surface area contributed by atoms with E-state index in [2.05, 4.69) is 16.9 Å². The summed E-state index contributed by atoms with van der Waals surface area (Å²) >= 11 is 0. The molecule has 0 bridgehead atoms. The maximum atomic E-state index is 13.9. The molecular weight excluding hydrogens is 390 g/mol. The van der Waals surface area contributed by atoms with Gasteiger partial charge in [-0.15, -0.1) is 0 Å². The van der Waals surface area contributed by atoms with Gasteiger partial charge >= 0.3 is 6.18 Å². The summed E-state index contributed by atoms with van der Waals surface area (Å²) in [7, 11) is 1.40. The average Bonchev–Trinajstić information content (AvgIpc) is 2.64. The van der Waals surface area contributed by atoms with E-state index in [0.717, 1.165) is 17.8 Å². The fraction of sp³-hybridized carbons (Fsp3) is 0.250. The summed E-state index contributed by atoms with van der Waals surface area (Å²) in [6, 6.07) is 4.26. The molecule has 1 heterocycles. The van der Waals surface area contributed by atoms with E-state index < -0.39 is 34.7 Å². The Hall–Kier alpha value is -3.23. The van der Waals surface area contributed by atoms with Crippen molar-refractivity contribution in [2.45, 2.75) is 26.6 Å². The van der Waals surface area contributed by atoms with E-state index in [9.17, 15) is 27.2 Å². The normalized spacial score (nSPS) is 12.0. The van der Waals surface area contributed by atoms with Gasteiger partial charge in [-0.2, -0.15) is 13.2 Å². The van der Waals surface area contributed by atoms with Crippen LogP contribution in [0.2, 0.25) is 0 Å². The zero-order valence-corrected chi connectivity index (χ0v) is 16.0. The van der Waals surface area contributed by atoms with E-state index in [1.807, 2.05) is 0 Å². The number of rotatable bonds is 5. The van der Waals surface area contributed by atoms with Gasteiger partial charge in [0.1, 0.15) is 5.82 Å². The second-order valence-electron chi connectivity index (χ2n) is 6.41. The zero-order chi connectivity index (χ0) is 21.9. The van der Waals surface area contributed by atoms with Crippen molar-refractivity contribution in [1.82, 2.24) is 14.9 Å². The number of likely N-dealkylation sites (N-methyl/N-ethyl adjacent to an activating group) is 1. The zero-order valence-electron chi connectivity index (χ0n) is 16.0. The topological polar surface area (TPSA) is 64.0 Å². The van der Waals surface area contributed by atoms with Gasteiger partial charge in [0, 0.05) is 18.2 Å². The number of nitrogens with zero attached hydrogens (tertiary/aromatic N) is 2. The molecule has 1 N–H and O–H groups in total. The number of allylic oxidation sites excluding steroid dienone is 2. The van der Waals surface area contributed by atoms with Crippen LogP contribution < -0.4 is 10.9 Å². The molecule has 0 aliphatic carbocycles. The lowest BCUT2D eigenvalue weighted by molar-refractivity contribution is -0.141. The summed E-state index contributed by atoms with van der Waals surface area (Å²) in [5.74, 6) is -1.01. The summed E-state index contributed by atoms with van der Waals surface area (Å²) in [5.41, 5.74) is -1.62. The first-order chi connectivity index (χ1) is 13.5. The molecule has 0 aliphatic rings. The quantitative estimate of drug-likeness (QED) is 0.468. The van der Waals surface area contributed by atoms with Crippen LogP contribution in [0.3, 0.4) is 0 Å². The van der Waals surface area contributed by atoms with E-state index in [-0.39, 0.29) is 17.7 Å². The van der Waals surface area contributed by atoms with Crippen molar-refractivity contribution in [3.63, 3.8) is 0 Å². The van der Waals surface area contributed by atoms with Crippen molar-refractivity contribution < 1.29 is 22.4 Å². The maximum Gasteiger partial charge on any atom is 0.433 e. The Morgan fingerprint density at radius 1 is 1.31 bits per heavy atom. The number of benzene rings is 1. The van der Waals surface area contributed by atoms with Gasteiger partial charge in [-0.1, -0.05) is 18.7 Å². The van der Waals surface area contributed by atoms with Gasteiger partial charge in [0.2, 0.25) is 0 Å². The molecular formula is C20H19F4N3O2. The van der Waals surface area contributed by atoms with E-state index in [1.54, 1.807) is 13.0 Å². The van der Waals surface area contributed by atoms with Crippen molar-refractivity contribution in [1.29, 1.82) is 0 Å². The Morgan fingerprint density at radius 3 is 2.52 bits per heavy atom. The van der Waals surface area contributed by atoms with Crippen molar-refractivity contribution >= 4 is 11.5 Å². The van der Waals surface area contributed by atoms with E-state index in [0.29, 0.717) is 11.1 Å². The van der Waals surface area contributed by atoms with Crippen LogP contribution in [0.15, 0.2) is 47.5 Å². The Bertz CT molecular complexity index is 1050. The molecule has 154 valence electrons. The van der Waals surface area contributed by atoms with E-state index >= 15 is 0 Å². The molecule has 0 saturated heterocycles. The third-order valence-electron chi connectivity index (χ3n) is 4.21. The van der Waals surface area contributed by atoms with Gasteiger partial charge in [-0.05, 0) is 42.7 Å². The fourth-order valence-electron chi connectivity index (χ4n) is 2.64. The first-order valence-electron chi connectivity index (χ1n) is 8.47. The molecule has 2 aromatic rings. The highest BCUT2D eigenvalue weighted by atomic mass is 19.4. The van der Waals surface area contributed by atoms with Gasteiger partial charge < -0.3 is 5.32 Å². The van der Waals surface area contributed by atoms with Crippen LogP contribution in [-0.2, 0) is 17.5 Å². The predicted octanol–water partition coefficient (Wildman–Crippen LogP) is 3.40. The van der Waals surface area contributed by atoms with Crippen molar-refractivity contribution in [2.75, 3.05) is 7.05 Å². The maximum absolute atomic E-state index is 13.9. The Balaban J connectivity index is 2.40. The number of alkyl halides is 3. The largest absolute Gasteiger partial charge is 0.433 e. The number of nitrogens with one attached hydrogen (secondary N) is 1. The predicted molar refractivity (Wildman–Crippen MR) is 101 cm³/mol. The number of halogens is 4. The molecule has 0 spiro atoms. The molecule has 0 saturated carbocycles. The highest BCUT2D eigenvalue weighted by Crippen LogP contribution is 2.28. The van der Waals surface area contributed by atoms with Gasteiger partial charge in [0.25, 0.3) is 11.5 Å². The summed E-state index contributed by atoms with van der Waals surface area (Å²) in [6.07, 6.45) is -2.61. The number of aryl methyl sites for hydroxylation is 1. The van der Waals surface area contributed by atoms with Crippen molar-refractivity contribution in [3.8, 4) is 0 Å². The third-order valence-corrected chi connectivity index (χ3v) is 4.21. The lowest BCUT2D eigenvalue weighted by atomic mass is 10.0. The van der Waals surface area contributed by atoms with Crippen LogP contribution in [0.25, 0.3) is 5.57 Å². The number of hydrogen-bond acceptors (Lipinski definition) is 3. The van der Waals surface area contributed by atoms with Crippen LogP contribution in [0, 0.1) is 19.7 Å². The lowest BCUT2D eigenvalue weighted by Crippen LogP contribution is -2.28. The summed E-state index contributed by atoms with van der Waals surface area (Å²) in [5, 5.41) is 2.43. The van der Waals surface area contributed by atoms with Gasteiger partial charge in [-0.3, -0.25) is 14.2 Å². The average molecular weight is 409 g/mol. The molecule has 5 nitrogen and oxygen atoms in total. The van der Waals surface area contributed by atoms with Crippen LogP contribution in [0.1, 0.15) is 22.4 Å². The third kappa shape index (κ3) is 4.98. The molecule has 0 fully saturated rings. The molecule has 1 aromatic heterocycles. The highest BCUT2D eigenvalue weighted by molar-refractivity contribution is 6.19. The van der Waals surface area contributed by atoms with Gasteiger partial charge in [0.05, 0.1) is 12.9 Å². The highest BCUT2D eigenvalue weighted by Gasteiger charge is 2.35. The molecule has 0 aliphatic heterocycles. The molecule has 1 amide bonds. The fourth-order valence-corrected chi connectivity index (χ4v) is 2.64. The minimum Gasteiger partial charge on any atom is -0.355 e. The molecule has 9 heteroatoms. The number of amides is 1. The van der Waals surface area contributed by atoms with Gasteiger partial charge in [0.15, 0.2) is 5.69 Å². The number of aromatic nitrogens is 2. The Labute approximate surface area is 164 Å². The Kier molecular flexibility index (Phi) is 6.41. The Morgan fingerprint density at radius 2 is 1.97 bits per heavy atom. The number of hydrogen-bond donors (Lipinski definition) is 1. The van der Waals surface area contributed by atoms with E-state index in [4.69, 9.17) is 0 Å². The van der Waals surface area contributed by atoms with Gasteiger partial charge in [-0.25, -0.2) is 9.37 Å². The van der Waals surface area contributed by atoms with Crippen molar-refractivity contribution in [2.24, 2.45) is 0 Å². The SMILES string of the molecule is C=C(/C=C(\C(=O)NC)c1ccc(C)c(F)c1)Cn1cnc(C(F)(F)F)c(C)c1=O. The smallest absolute Gasteiger partial charge is 0.355 e. The molecule has 0 radical (unpaired) electrons. The molecule has 1 aromatic carbocycles. The summed E-state index contributed by atoms with van der Waals surface area (Å²) < 4.78 is 53.4. The monoisotopic (exact) mass is 409 g/mol. The summed E-state index contributed by atoms with van der Waals surface area (Å²) in [4.78, 5) is 27.8. The second kappa shape index (κ2) is 8.42. The number of carbonyl (C=O) groups is 1. The standard InChI is InChI=1S/C20H19F4N3O2/c1-11(9-27-10-26-17(20(22,23)24)13(3)19(27)29)7-15(18(28)25-4)14-6-5-12(2)16(21)8-14/h5-8,10H,1,9H2,2-4H3,(H,25,28)/b15-7-. The second-order valence-corrected chi connectivity index (χ2v) is 6.41. The summed E-state index contributed by atoms with van der Waals surface area (Å²) in [6.45, 7) is 6.18. The van der Waals surface area contributed by atoms with Crippen molar-refractivity contribution in [3.05, 3.63) is 81.3 Å². The van der Waals surface area contributed by atoms with Crippen LogP contribution in [-0.4, -0.2) is 22.5 Å². The minimum absolute atomic E-state index is 0.0982. The number of carbonyl (C=O) groups excluding carboxylic acids is 1. The first-order valence-corrected chi connectivity index (χ1v) is 8.47. The molecule has 0 unspecified atom stereocenters. The van der Waals surface area contributed by atoms with Crippen LogP contribution in [0.5, 0.6) is 0 Å². The first kappa shape index (κ1) is 22.1. The molecule has 29 heavy (non-hydrogen) atoms. The molecule has 0 atom stereocenters. The van der Waals surface area contributed by atoms with E-state index in [1.165, 1.54) is 25.3 Å². The molecule has 2 rings (SSSR count). The minimum atomic E-state index is -4.73. The van der Waals surface area contributed by atoms with Crippen LogP contribution in [0.4, 0.5) is 17.6 Å². The van der Waals surface area contributed by atoms with Crippen LogP contribution >= 0.6 is 0 Å². The lowest BCUT2D eigenvalue weighted by Gasteiger charge is -2.13.